The average molecular weight is 444 g/mol. The maximum atomic E-state index is 12.9. The first-order chi connectivity index (χ1) is 14.0. The van der Waals surface area contributed by atoms with E-state index in [9.17, 15) is 36.0 Å². The number of rotatable bonds is 7. The molecule has 0 fully saturated rings. The molecule has 1 unspecified atom stereocenters. The van der Waals surface area contributed by atoms with Crippen LogP contribution < -0.4 is 14.4 Å². The summed E-state index contributed by atoms with van der Waals surface area (Å²) in [6.07, 6.45) is 0.427. The number of alkyl halides is 3. The molecule has 12 heteroatoms. The molecular weight excluding hydrogens is 429 g/mol. The Morgan fingerprint density at radius 2 is 2.00 bits per heavy atom. The van der Waals surface area contributed by atoms with Crippen LogP contribution in [0.4, 0.5) is 18.9 Å². The molecule has 0 saturated carbocycles. The summed E-state index contributed by atoms with van der Waals surface area (Å²) in [6, 6.07) is 6.26. The van der Waals surface area contributed by atoms with Crippen LogP contribution in [0.1, 0.15) is 30.1 Å². The van der Waals surface area contributed by atoms with Crippen LogP contribution in [0.15, 0.2) is 30.3 Å². The maximum absolute atomic E-state index is 12.9. The van der Waals surface area contributed by atoms with Gasteiger partial charge in [-0.15, -0.1) is 0 Å². The van der Waals surface area contributed by atoms with Crippen LogP contribution in [-0.4, -0.2) is 38.2 Å². The molecule has 1 aliphatic heterocycles. The van der Waals surface area contributed by atoms with Gasteiger partial charge in [0.25, 0.3) is 5.91 Å². The molecule has 0 aliphatic carbocycles. The van der Waals surface area contributed by atoms with Gasteiger partial charge in [0.1, 0.15) is 5.75 Å². The van der Waals surface area contributed by atoms with Gasteiger partial charge in [0.2, 0.25) is 12.3 Å². The van der Waals surface area contributed by atoms with Gasteiger partial charge < -0.3 is 9.08 Å². The molecule has 1 aliphatic rings. The highest BCUT2D eigenvalue weighted by Gasteiger charge is 2.48. The van der Waals surface area contributed by atoms with Crippen LogP contribution in [-0.2, 0) is 19.7 Å². The highest BCUT2D eigenvalue weighted by molar-refractivity contribution is 7.88. The minimum atomic E-state index is -5.90. The van der Waals surface area contributed by atoms with Crippen LogP contribution in [0.2, 0.25) is 0 Å². The summed E-state index contributed by atoms with van der Waals surface area (Å²) in [6.45, 7) is 1.67. The lowest BCUT2D eigenvalue weighted by Gasteiger charge is -2.25. The number of anilines is 1. The summed E-state index contributed by atoms with van der Waals surface area (Å²) in [5.74, 6) is -1.73. The van der Waals surface area contributed by atoms with Crippen LogP contribution in [0, 0.1) is 0 Å². The van der Waals surface area contributed by atoms with E-state index in [1.165, 1.54) is 11.0 Å². The molecule has 8 nitrogen and oxygen atoms in total. The van der Waals surface area contributed by atoms with Crippen LogP contribution >= 0.6 is 0 Å². The third kappa shape index (κ3) is 3.82. The van der Waals surface area contributed by atoms with Gasteiger partial charge in [-0.2, -0.15) is 21.6 Å². The molecule has 2 aromatic carbocycles. The van der Waals surface area contributed by atoms with Crippen molar-refractivity contribution < 1.29 is 40.2 Å². The van der Waals surface area contributed by atoms with Crippen molar-refractivity contribution in [1.29, 1.82) is 0 Å². The largest absolute Gasteiger partial charge is 0.534 e. The Labute approximate surface area is 168 Å². The van der Waals surface area contributed by atoms with Gasteiger partial charge in [0.15, 0.2) is 0 Å². The van der Waals surface area contributed by atoms with Gasteiger partial charge in [0.05, 0.1) is 11.3 Å². The van der Waals surface area contributed by atoms with Crippen molar-refractivity contribution in [2.45, 2.75) is 31.3 Å². The number of nitrogens with zero attached hydrogens (tertiary/aromatic N) is 1. The van der Waals surface area contributed by atoms with Gasteiger partial charge in [-0.25, -0.2) is 0 Å². The topological polar surface area (TPSA) is 110 Å². The van der Waals surface area contributed by atoms with Crippen molar-refractivity contribution in [2.24, 2.45) is 0 Å². The predicted octanol–water partition coefficient (Wildman–Crippen LogP) is 2.47. The second-order valence-corrected chi connectivity index (χ2v) is 8.12. The van der Waals surface area contributed by atoms with E-state index in [4.69, 9.17) is 0 Å². The predicted molar refractivity (Wildman–Crippen MR) is 99.3 cm³/mol. The van der Waals surface area contributed by atoms with Gasteiger partial charge in [-0.1, -0.05) is 12.1 Å². The number of hydrogen-bond acceptors (Lipinski definition) is 6. The SMILES string of the molecule is CC(CCC(=O)NC=O)N1C(=O)c2cc(OS(=O)(=O)C(F)(F)F)cc3cccc1c23. The lowest BCUT2D eigenvalue weighted by Crippen LogP contribution is -2.36. The summed E-state index contributed by atoms with van der Waals surface area (Å²) in [5.41, 5.74) is -5.16. The molecule has 3 rings (SSSR count). The summed E-state index contributed by atoms with van der Waals surface area (Å²) < 4.78 is 64.7. The summed E-state index contributed by atoms with van der Waals surface area (Å²) >= 11 is 0. The number of imide groups is 1. The van der Waals surface area contributed by atoms with E-state index in [2.05, 4.69) is 4.18 Å². The van der Waals surface area contributed by atoms with Crippen molar-refractivity contribution in [3.05, 3.63) is 35.9 Å². The molecule has 160 valence electrons. The Balaban J connectivity index is 1.95. The lowest BCUT2D eigenvalue weighted by molar-refractivity contribution is -0.125. The Bertz CT molecular complexity index is 1150. The number of carbonyl (C=O) groups is 3. The fourth-order valence-corrected chi connectivity index (χ4v) is 3.70. The van der Waals surface area contributed by atoms with Crippen molar-refractivity contribution in [3.8, 4) is 5.75 Å². The highest BCUT2D eigenvalue weighted by Crippen LogP contribution is 2.41. The Morgan fingerprint density at radius 3 is 2.63 bits per heavy atom. The van der Waals surface area contributed by atoms with Gasteiger partial charge >= 0.3 is 15.6 Å². The van der Waals surface area contributed by atoms with Crippen molar-refractivity contribution >= 4 is 44.8 Å². The second kappa shape index (κ2) is 7.59. The normalized spacial score (nSPS) is 14.7. The zero-order valence-corrected chi connectivity index (χ0v) is 16.2. The summed E-state index contributed by atoms with van der Waals surface area (Å²) in [7, 11) is -5.90. The molecule has 1 heterocycles. The number of halogens is 3. The first kappa shape index (κ1) is 21.6. The van der Waals surface area contributed by atoms with Crippen LogP contribution in [0.3, 0.4) is 0 Å². The number of nitrogens with one attached hydrogen (secondary N) is 1. The van der Waals surface area contributed by atoms with E-state index in [-0.39, 0.29) is 24.8 Å². The zero-order chi connectivity index (χ0) is 22.3. The van der Waals surface area contributed by atoms with Crippen molar-refractivity contribution in [1.82, 2.24) is 5.32 Å². The maximum Gasteiger partial charge on any atom is 0.534 e. The third-order valence-corrected chi connectivity index (χ3v) is 5.56. The van der Waals surface area contributed by atoms with Gasteiger partial charge in [0, 0.05) is 17.8 Å². The molecule has 1 N–H and O–H groups in total. The number of hydrogen-bond donors (Lipinski definition) is 1. The summed E-state index contributed by atoms with van der Waals surface area (Å²) in [4.78, 5) is 36.1. The fraction of sp³-hybridized carbons (Fsp3) is 0.278. The molecule has 0 radical (unpaired) electrons. The molecule has 0 bridgehead atoms. The molecular formula is C18H15F3N2O6S. The minimum absolute atomic E-state index is 0.0142. The number of carbonyl (C=O) groups excluding carboxylic acids is 3. The smallest absolute Gasteiger partial charge is 0.376 e. The zero-order valence-electron chi connectivity index (χ0n) is 15.4. The molecule has 2 aromatic rings. The van der Waals surface area contributed by atoms with E-state index in [0.717, 1.165) is 12.1 Å². The van der Waals surface area contributed by atoms with Gasteiger partial charge in [-0.05, 0) is 36.9 Å². The number of amides is 3. The molecule has 0 saturated heterocycles. The summed E-state index contributed by atoms with van der Waals surface area (Å²) in [5, 5.41) is 2.74. The molecule has 30 heavy (non-hydrogen) atoms. The van der Waals surface area contributed by atoms with E-state index in [1.54, 1.807) is 19.1 Å². The molecule has 0 spiro atoms. The highest BCUT2D eigenvalue weighted by atomic mass is 32.2. The van der Waals surface area contributed by atoms with Crippen LogP contribution in [0.5, 0.6) is 5.75 Å². The van der Waals surface area contributed by atoms with E-state index >= 15 is 0 Å². The van der Waals surface area contributed by atoms with Crippen molar-refractivity contribution in [3.63, 3.8) is 0 Å². The third-order valence-electron chi connectivity index (χ3n) is 4.58. The van der Waals surface area contributed by atoms with E-state index in [0.29, 0.717) is 16.5 Å². The lowest BCUT2D eigenvalue weighted by atomic mass is 10.1. The standard InChI is InChI=1S/C18H15F3N2O6S/c1-10(5-6-15(25)22-9-24)23-14-4-2-3-11-7-12(8-13(16(11)14)17(23)26)29-30(27,28)18(19,20)21/h2-4,7-10H,5-6H2,1H3,(H,22,24,25). The minimum Gasteiger partial charge on any atom is -0.376 e. The van der Waals surface area contributed by atoms with E-state index in [1.807, 2.05) is 5.32 Å². The molecule has 0 aromatic heterocycles. The number of benzene rings is 2. The fourth-order valence-electron chi connectivity index (χ4n) is 3.26. The first-order valence-corrected chi connectivity index (χ1v) is 10.0. The average Bonchev–Trinajstić information content (AvgIpc) is 2.92. The molecule has 1 atom stereocenters. The van der Waals surface area contributed by atoms with Gasteiger partial charge in [-0.3, -0.25) is 19.7 Å². The van der Waals surface area contributed by atoms with Crippen LogP contribution in [0.25, 0.3) is 10.8 Å². The Morgan fingerprint density at radius 1 is 1.30 bits per heavy atom. The second-order valence-electron chi connectivity index (χ2n) is 6.58. The van der Waals surface area contributed by atoms with E-state index < -0.39 is 39.2 Å². The Hall–Kier alpha value is -3.15. The molecule has 3 amide bonds. The monoisotopic (exact) mass is 444 g/mol. The van der Waals surface area contributed by atoms with Crippen molar-refractivity contribution in [2.75, 3.05) is 4.90 Å². The Kier molecular flexibility index (Phi) is 5.46. The first-order valence-electron chi connectivity index (χ1n) is 8.60. The quantitative estimate of drug-likeness (QED) is 0.399.